The van der Waals surface area contributed by atoms with Crippen molar-refractivity contribution < 1.29 is 20.1 Å². The van der Waals surface area contributed by atoms with Crippen LogP contribution in [0.3, 0.4) is 0 Å². The second kappa shape index (κ2) is 10.4. The molecule has 0 saturated carbocycles. The number of aliphatic hydroxyl groups excluding tert-OH is 3. The van der Waals surface area contributed by atoms with E-state index in [1.807, 2.05) is 30.3 Å². The number of ether oxygens (including phenoxy) is 1. The minimum absolute atomic E-state index is 0.0644. The van der Waals surface area contributed by atoms with Gasteiger partial charge in [0.2, 0.25) is 0 Å². The zero-order valence-corrected chi connectivity index (χ0v) is 9.54. The van der Waals surface area contributed by atoms with E-state index in [0.717, 1.165) is 5.75 Å². The summed E-state index contributed by atoms with van der Waals surface area (Å²) in [7, 11) is 0. The molecule has 0 amide bonds. The first-order valence-corrected chi connectivity index (χ1v) is 5.28. The van der Waals surface area contributed by atoms with E-state index in [1.165, 1.54) is 0 Å². The molecule has 0 radical (unpaired) electrons. The Hall–Kier alpha value is -1.10. The molecule has 4 heteroatoms. The lowest BCUT2D eigenvalue weighted by Crippen LogP contribution is -2.00. The van der Waals surface area contributed by atoms with Crippen molar-refractivity contribution in [1.82, 2.24) is 0 Å². The van der Waals surface area contributed by atoms with Crippen LogP contribution >= 0.6 is 0 Å². The molecule has 0 fully saturated rings. The Morgan fingerprint density at radius 2 is 1.75 bits per heavy atom. The molecular formula is C12H20O4. The average Bonchev–Trinajstić information content (AvgIpc) is 2.28. The summed E-state index contributed by atoms with van der Waals surface area (Å²) in [5.41, 5.74) is 0. The Balaban J connectivity index is 0.000000325. The lowest BCUT2D eigenvalue weighted by molar-refractivity contribution is 0.148. The highest BCUT2D eigenvalue weighted by Crippen LogP contribution is 2.06. The quantitative estimate of drug-likeness (QED) is 0.697. The third-order valence-electron chi connectivity index (χ3n) is 1.65. The molecule has 0 aliphatic carbocycles. The molecule has 0 aliphatic rings. The van der Waals surface area contributed by atoms with Crippen LogP contribution in [0.25, 0.3) is 0 Å². The van der Waals surface area contributed by atoms with Crippen molar-refractivity contribution in [3.8, 4) is 5.75 Å². The molecule has 16 heavy (non-hydrogen) atoms. The molecular weight excluding hydrogens is 208 g/mol. The van der Waals surface area contributed by atoms with E-state index in [-0.39, 0.29) is 19.3 Å². The highest BCUT2D eigenvalue weighted by atomic mass is 16.5. The van der Waals surface area contributed by atoms with E-state index in [9.17, 15) is 0 Å². The maximum atomic E-state index is 8.40. The van der Waals surface area contributed by atoms with Crippen LogP contribution in [-0.2, 0) is 0 Å². The maximum absolute atomic E-state index is 8.40. The van der Waals surface area contributed by atoms with E-state index in [0.29, 0.717) is 13.0 Å². The zero-order chi connectivity index (χ0) is 12.2. The van der Waals surface area contributed by atoms with Crippen molar-refractivity contribution in [3.05, 3.63) is 30.3 Å². The first kappa shape index (κ1) is 14.9. The standard InChI is InChI=1S/C8H10O2.C4H10O2/c9-6-7-10-8-4-2-1-3-5-8;1-4(6)2-3-5/h1-5,9H,6-7H2;4-6H,2-3H2,1H3. The summed E-state index contributed by atoms with van der Waals surface area (Å²) in [6, 6.07) is 9.43. The maximum Gasteiger partial charge on any atom is 0.119 e. The summed E-state index contributed by atoms with van der Waals surface area (Å²) in [6.45, 7) is 2.16. The van der Waals surface area contributed by atoms with Gasteiger partial charge in [0.25, 0.3) is 0 Å². The molecule has 4 nitrogen and oxygen atoms in total. The van der Waals surface area contributed by atoms with Crippen molar-refractivity contribution in [2.75, 3.05) is 19.8 Å². The molecule has 0 heterocycles. The minimum Gasteiger partial charge on any atom is -0.491 e. The van der Waals surface area contributed by atoms with E-state index in [1.54, 1.807) is 6.92 Å². The van der Waals surface area contributed by atoms with Crippen LogP contribution in [0.1, 0.15) is 13.3 Å². The van der Waals surface area contributed by atoms with Crippen molar-refractivity contribution in [2.45, 2.75) is 19.4 Å². The van der Waals surface area contributed by atoms with Crippen LogP contribution in [0.2, 0.25) is 0 Å². The second-order valence-electron chi connectivity index (χ2n) is 3.25. The van der Waals surface area contributed by atoms with Gasteiger partial charge in [0.05, 0.1) is 12.7 Å². The van der Waals surface area contributed by atoms with Crippen molar-refractivity contribution in [2.24, 2.45) is 0 Å². The first-order valence-electron chi connectivity index (χ1n) is 5.28. The van der Waals surface area contributed by atoms with E-state index in [2.05, 4.69) is 0 Å². The SMILES string of the molecule is CC(O)CCO.OCCOc1ccccc1. The Bertz CT molecular complexity index is 236. The highest BCUT2D eigenvalue weighted by molar-refractivity contribution is 5.20. The number of hydrogen-bond donors (Lipinski definition) is 3. The first-order chi connectivity index (χ1) is 7.70. The fourth-order valence-corrected chi connectivity index (χ4v) is 0.867. The van der Waals surface area contributed by atoms with Gasteiger partial charge in [0, 0.05) is 6.61 Å². The molecule has 0 bridgehead atoms. The third kappa shape index (κ3) is 9.45. The molecule has 0 aliphatic heterocycles. The van der Waals surface area contributed by atoms with Gasteiger partial charge in [-0.3, -0.25) is 0 Å². The smallest absolute Gasteiger partial charge is 0.119 e. The molecule has 1 aromatic rings. The summed E-state index contributed by atoms with van der Waals surface area (Å²) in [5, 5.41) is 24.9. The lowest BCUT2D eigenvalue weighted by atomic mass is 10.3. The molecule has 1 unspecified atom stereocenters. The second-order valence-corrected chi connectivity index (χ2v) is 3.25. The predicted molar refractivity (Wildman–Crippen MR) is 62.4 cm³/mol. The monoisotopic (exact) mass is 228 g/mol. The highest BCUT2D eigenvalue weighted by Gasteiger charge is 1.88. The van der Waals surface area contributed by atoms with Crippen molar-refractivity contribution in [3.63, 3.8) is 0 Å². The minimum atomic E-state index is -0.352. The van der Waals surface area contributed by atoms with Gasteiger partial charge in [-0.25, -0.2) is 0 Å². The van der Waals surface area contributed by atoms with Crippen LogP contribution in [0.15, 0.2) is 30.3 Å². The molecule has 1 rings (SSSR count). The summed E-state index contributed by atoms with van der Waals surface area (Å²) < 4.78 is 5.11. The van der Waals surface area contributed by atoms with E-state index < -0.39 is 0 Å². The largest absolute Gasteiger partial charge is 0.491 e. The third-order valence-corrected chi connectivity index (χ3v) is 1.65. The summed E-state index contributed by atoms with van der Waals surface area (Å²) in [6.07, 6.45) is 0.134. The molecule has 0 saturated heterocycles. The lowest BCUT2D eigenvalue weighted by Gasteiger charge is -2.01. The molecule has 0 aromatic heterocycles. The predicted octanol–water partition coefficient (Wildman–Crippen LogP) is 0.807. The van der Waals surface area contributed by atoms with Crippen LogP contribution in [-0.4, -0.2) is 41.2 Å². The van der Waals surface area contributed by atoms with Crippen molar-refractivity contribution >= 4 is 0 Å². The number of rotatable bonds is 5. The number of benzene rings is 1. The van der Waals surface area contributed by atoms with Gasteiger partial charge in [-0.1, -0.05) is 18.2 Å². The number of aliphatic hydroxyl groups is 3. The van der Waals surface area contributed by atoms with Gasteiger partial charge in [0.1, 0.15) is 12.4 Å². The van der Waals surface area contributed by atoms with Crippen LogP contribution in [0.5, 0.6) is 5.75 Å². The van der Waals surface area contributed by atoms with Crippen LogP contribution in [0, 0.1) is 0 Å². The van der Waals surface area contributed by atoms with Gasteiger partial charge in [0.15, 0.2) is 0 Å². The topological polar surface area (TPSA) is 69.9 Å². The normalized spacial score (nSPS) is 11.2. The molecule has 92 valence electrons. The number of para-hydroxylation sites is 1. The molecule has 1 aromatic carbocycles. The van der Waals surface area contributed by atoms with Gasteiger partial charge in [-0.05, 0) is 25.5 Å². The molecule has 0 spiro atoms. The van der Waals surface area contributed by atoms with E-state index >= 15 is 0 Å². The van der Waals surface area contributed by atoms with Gasteiger partial charge < -0.3 is 20.1 Å². The zero-order valence-electron chi connectivity index (χ0n) is 9.54. The van der Waals surface area contributed by atoms with Gasteiger partial charge in [-0.15, -0.1) is 0 Å². The number of hydrogen-bond acceptors (Lipinski definition) is 4. The molecule has 1 atom stereocenters. The fraction of sp³-hybridized carbons (Fsp3) is 0.500. The van der Waals surface area contributed by atoms with E-state index in [4.69, 9.17) is 20.1 Å². The van der Waals surface area contributed by atoms with Gasteiger partial charge in [-0.2, -0.15) is 0 Å². The van der Waals surface area contributed by atoms with Crippen molar-refractivity contribution in [1.29, 1.82) is 0 Å². The summed E-state index contributed by atoms with van der Waals surface area (Å²) in [5.74, 6) is 0.802. The summed E-state index contributed by atoms with van der Waals surface area (Å²) in [4.78, 5) is 0. The Morgan fingerprint density at radius 3 is 2.12 bits per heavy atom. The Morgan fingerprint density at radius 1 is 1.12 bits per heavy atom. The van der Waals surface area contributed by atoms with Crippen LogP contribution in [0.4, 0.5) is 0 Å². The van der Waals surface area contributed by atoms with Crippen LogP contribution < -0.4 is 4.74 Å². The summed E-state index contributed by atoms with van der Waals surface area (Å²) >= 11 is 0. The fourth-order valence-electron chi connectivity index (χ4n) is 0.867. The average molecular weight is 228 g/mol. The molecule has 3 N–H and O–H groups in total. The Kier molecular flexibility index (Phi) is 9.70. The Labute approximate surface area is 96.1 Å². The van der Waals surface area contributed by atoms with Gasteiger partial charge >= 0.3 is 0 Å².